The van der Waals surface area contributed by atoms with Crippen molar-refractivity contribution < 1.29 is 19.5 Å². The first-order chi connectivity index (χ1) is 12.3. The highest BCUT2D eigenvalue weighted by Crippen LogP contribution is 2.25. The Morgan fingerprint density at radius 2 is 1.81 bits per heavy atom. The Bertz CT molecular complexity index is 640. The molecule has 2 atom stereocenters. The van der Waals surface area contributed by atoms with Gasteiger partial charge in [0.15, 0.2) is 0 Å². The molecule has 26 heavy (non-hydrogen) atoms. The third-order valence-corrected chi connectivity index (χ3v) is 5.13. The molecule has 6 heteroatoms. The number of amides is 2. The predicted octanol–water partition coefficient (Wildman–Crippen LogP) is 2.23. The van der Waals surface area contributed by atoms with Gasteiger partial charge in [-0.15, -0.1) is 0 Å². The van der Waals surface area contributed by atoms with E-state index in [1.54, 1.807) is 38.1 Å². The van der Waals surface area contributed by atoms with Crippen molar-refractivity contribution in [1.82, 2.24) is 10.6 Å². The summed E-state index contributed by atoms with van der Waals surface area (Å²) in [7, 11) is 0. The summed E-state index contributed by atoms with van der Waals surface area (Å²) >= 11 is 0. The summed E-state index contributed by atoms with van der Waals surface area (Å²) in [6, 6.07) is 8.57. The number of aliphatic carboxylic acids is 1. The maximum atomic E-state index is 12.2. The molecule has 1 aromatic rings. The number of carboxylic acid groups (broad SMARTS) is 1. The monoisotopic (exact) mass is 360 g/mol. The molecule has 2 rings (SSSR count). The Balaban J connectivity index is 1.86. The van der Waals surface area contributed by atoms with Gasteiger partial charge < -0.3 is 15.7 Å². The number of hydrogen-bond acceptors (Lipinski definition) is 3. The van der Waals surface area contributed by atoms with Crippen LogP contribution in [0, 0.1) is 5.92 Å². The van der Waals surface area contributed by atoms with Crippen LogP contribution < -0.4 is 10.6 Å². The predicted molar refractivity (Wildman–Crippen MR) is 98.6 cm³/mol. The molecule has 0 aliphatic heterocycles. The normalized spacial score (nSPS) is 17.9. The van der Waals surface area contributed by atoms with Crippen molar-refractivity contribution in [2.45, 2.75) is 57.4 Å². The fourth-order valence-corrected chi connectivity index (χ4v) is 3.33. The molecule has 1 fully saturated rings. The van der Waals surface area contributed by atoms with Gasteiger partial charge in [-0.3, -0.25) is 14.4 Å². The summed E-state index contributed by atoms with van der Waals surface area (Å²) in [4.78, 5) is 36.1. The Kier molecular flexibility index (Phi) is 6.77. The molecule has 2 unspecified atom stereocenters. The SMILES string of the molecule is CC(CC(=O)NCC(C)(C(=O)O)c1ccccc1)NC(=O)C1CCCC1. The van der Waals surface area contributed by atoms with Crippen LogP contribution in [0.3, 0.4) is 0 Å². The van der Waals surface area contributed by atoms with Crippen molar-refractivity contribution in [3.63, 3.8) is 0 Å². The van der Waals surface area contributed by atoms with Gasteiger partial charge in [-0.25, -0.2) is 0 Å². The molecule has 1 aromatic carbocycles. The van der Waals surface area contributed by atoms with Gasteiger partial charge in [-0.05, 0) is 32.3 Å². The second-order valence-electron chi connectivity index (χ2n) is 7.38. The average Bonchev–Trinajstić information content (AvgIpc) is 3.15. The highest BCUT2D eigenvalue weighted by molar-refractivity contribution is 5.84. The van der Waals surface area contributed by atoms with Crippen LogP contribution in [0.4, 0.5) is 0 Å². The summed E-state index contributed by atoms with van der Waals surface area (Å²) in [6.45, 7) is 3.38. The molecule has 0 aromatic heterocycles. The number of hydrogen-bond donors (Lipinski definition) is 3. The van der Waals surface area contributed by atoms with Crippen molar-refractivity contribution in [3.05, 3.63) is 35.9 Å². The first kappa shape index (κ1) is 19.9. The molecule has 3 N–H and O–H groups in total. The fraction of sp³-hybridized carbons (Fsp3) is 0.550. The van der Waals surface area contributed by atoms with E-state index < -0.39 is 11.4 Å². The molecule has 0 saturated heterocycles. The number of carbonyl (C=O) groups excluding carboxylic acids is 2. The molecular weight excluding hydrogens is 332 g/mol. The standard InChI is InChI=1S/C20H28N2O4/c1-14(22-18(24)15-8-6-7-9-15)12-17(23)21-13-20(2,19(25)26)16-10-4-3-5-11-16/h3-5,10-11,14-15H,6-9,12-13H2,1-2H3,(H,21,23)(H,22,24)(H,25,26). The van der Waals surface area contributed by atoms with E-state index in [0.29, 0.717) is 5.56 Å². The summed E-state index contributed by atoms with van der Waals surface area (Å²) in [5.41, 5.74) is -0.567. The zero-order valence-electron chi connectivity index (χ0n) is 15.5. The zero-order chi connectivity index (χ0) is 19.2. The van der Waals surface area contributed by atoms with Gasteiger partial charge >= 0.3 is 5.97 Å². The third-order valence-electron chi connectivity index (χ3n) is 5.13. The Morgan fingerprint density at radius 3 is 2.38 bits per heavy atom. The third kappa shape index (κ3) is 5.07. The molecule has 6 nitrogen and oxygen atoms in total. The number of carbonyl (C=O) groups is 3. The number of carboxylic acids is 1. The molecule has 0 spiro atoms. The largest absolute Gasteiger partial charge is 0.481 e. The molecule has 1 saturated carbocycles. The van der Waals surface area contributed by atoms with Gasteiger partial charge in [0.05, 0.1) is 0 Å². The summed E-state index contributed by atoms with van der Waals surface area (Å²) in [6.07, 6.45) is 4.13. The van der Waals surface area contributed by atoms with Crippen LogP contribution in [-0.4, -0.2) is 35.5 Å². The van der Waals surface area contributed by atoms with E-state index in [4.69, 9.17) is 0 Å². The molecular formula is C20H28N2O4. The van der Waals surface area contributed by atoms with E-state index in [1.807, 2.05) is 6.07 Å². The van der Waals surface area contributed by atoms with Crippen molar-refractivity contribution in [2.75, 3.05) is 6.54 Å². The lowest BCUT2D eigenvalue weighted by Gasteiger charge is -2.26. The lowest BCUT2D eigenvalue weighted by Crippen LogP contribution is -2.46. The molecule has 142 valence electrons. The minimum absolute atomic E-state index is 0.00548. The number of rotatable bonds is 8. The summed E-state index contributed by atoms with van der Waals surface area (Å²) in [5, 5.41) is 15.2. The van der Waals surface area contributed by atoms with E-state index in [1.165, 1.54) is 0 Å². The van der Waals surface area contributed by atoms with Crippen molar-refractivity contribution in [2.24, 2.45) is 5.92 Å². The minimum atomic E-state index is -1.20. The fourth-order valence-electron chi connectivity index (χ4n) is 3.33. The van der Waals surface area contributed by atoms with Gasteiger partial charge in [0.25, 0.3) is 0 Å². The second-order valence-corrected chi connectivity index (χ2v) is 7.38. The van der Waals surface area contributed by atoms with Gasteiger partial charge in [0.1, 0.15) is 5.41 Å². The van der Waals surface area contributed by atoms with Gasteiger partial charge in [-0.2, -0.15) is 0 Å². The Labute approximate surface area is 154 Å². The Morgan fingerprint density at radius 1 is 1.19 bits per heavy atom. The molecule has 0 bridgehead atoms. The lowest BCUT2D eigenvalue weighted by atomic mass is 9.82. The van der Waals surface area contributed by atoms with Crippen LogP contribution in [0.15, 0.2) is 30.3 Å². The van der Waals surface area contributed by atoms with Crippen LogP contribution >= 0.6 is 0 Å². The maximum absolute atomic E-state index is 12.2. The van der Waals surface area contributed by atoms with Crippen molar-refractivity contribution >= 4 is 17.8 Å². The van der Waals surface area contributed by atoms with E-state index in [0.717, 1.165) is 25.7 Å². The first-order valence-corrected chi connectivity index (χ1v) is 9.19. The zero-order valence-corrected chi connectivity index (χ0v) is 15.5. The van der Waals surface area contributed by atoms with E-state index >= 15 is 0 Å². The maximum Gasteiger partial charge on any atom is 0.315 e. The molecule has 1 aliphatic rings. The number of benzene rings is 1. The van der Waals surface area contributed by atoms with Crippen molar-refractivity contribution in [3.8, 4) is 0 Å². The van der Waals surface area contributed by atoms with Crippen LogP contribution in [0.5, 0.6) is 0 Å². The van der Waals surface area contributed by atoms with Crippen LogP contribution in [-0.2, 0) is 19.8 Å². The Hall–Kier alpha value is -2.37. The van der Waals surface area contributed by atoms with E-state index in [-0.39, 0.29) is 36.7 Å². The van der Waals surface area contributed by atoms with Crippen LogP contribution in [0.25, 0.3) is 0 Å². The second kappa shape index (κ2) is 8.83. The topological polar surface area (TPSA) is 95.5 Å². The van der Waals surface area contributed by atoms with E-state index in [9.17, 15) is 19.5 Å². The average molecular weight is 360 g/mol. The van der Waals surface area contributed by atoms with Crippen LogP contribution in [0.2, 0.25) is 0 Å². The number of nitrogens with one attached hydrogen (secondary N) is 2. The molecule has 0 radical (unpaired) electrons. The smallest absolute Gasteiger partial charge is 0.315 e. The molecule has 1 aliphatic carbocycles. The minimum Gasteiger partial charge on any atom is -0.481 e. The van der Waals surface area contributed by atoms with Crippen LogP contribution in [0.1, 0.15) is 51.5 Å². The highest BCUT2D eigenvalue weighted by Gasteiger charge is 2.35. The van der Waals surface area contributed by atoms with Crippen molar-refractivity contribution in [1.29, 1.82) is 0 Å². The van der Waals surface area contributed by atoms with Gasteiger partial charge in [-0.1, -0.05) is 43.2 Å². The lowest BCUT2D eigenvalue weighted by molar-refractivity contribution is -0.143. The van der Waals surface area contributed by atoms with Gasteiger partial charge in [0, 0.05) is 24.9 Å². The molecule has 0 heterocycles. The summed E-state index contributed by atoms with van der Waals surface area (Å²) in [5.74, 6) is -1.18. The molecule has 2 amide bonds. The highest BCUT2D eigenvalue weighted by atomic mass is 16.4. The quantitative estimate of drug-likeness (QED) is 0.662. The first-order valence-electron chi connectivity index (χ1n) is 9.19. The van der Waals surface area contributed by atoms with Gasteiger partial charge in [0.2, 0.25) is 11.8 Å². The summed E-state index contributed by atoms with van der Waals surface area (Å²) < 4.78 is 0. The van der Waals surface area contributed by atoms with E-state index in [2.05, 4.69) is 10.6 Å².